The van der Waals surface area contributed by atoms with E-state index in [0.29, 0.717) is 10.9 Å². The molecule has 2 amide bonds. The summed E-state index contributed by atoms with van der Waals surface area (Å²) in [6, 6.07) is 9.37. The molecule has 0 fully saturated rings. The molecule has 2 aromatic heterocycles. The van der Waals surface area contributed by atoms with Gasteiger partial charge in [-0.25, -0.2) is 22.5 Å². The number of aromatic nitrogens is 2. The van der Waals surface area contributed by atoms with E-state index in [1.54, 1.807) is 13.0 Å². The molecule has 3 heterocycles. The molecule has 0 saturated carbocycles. The molecule has 5 rings (SSSR count). The largest absolute Gasteiger partial charge is 0.489 e. The Hall–Kier alpha value is -4.95. The Balaban J connectivity index is 1.54. The number of aryl methyl sites for hydroxylation is 1. The molecule has 8 nitrogen and oxygen atoms in total. The minimum atomic E-state index is -5.03. The normalized spacial score (nSPS) is 16.6. The van der Waals surface area contributed by atoms with Crippen LogP contribution < -0.4 is 20.5 Å². The number of primary amides is 1. The van der Waals surface area contributed by atoms with Crippen LogP contribution in [0.5, 0.6) is 11.5 Å². The first kappa shape index (κ1) is 32.4. The maximum atomic E-state index is 14.6. The van der Waals surface area contributed by atoms with Crippen molar-refractivity contribution >= 4 is 22.7 Å². The van der Waals surface area contributed by atoms with Crippen molar-refractivity contribution in [2.24, 2.45) is 5.73 Å². The van der Waals surface area contributed by atoms with Crippen molar-refractivity contribution in [2.75, 3.05) is 26.4 Å². The number of benzene rings is 2. The minimum Gasteiger partial charge on any atom is -0.489 e. The second-order valence-electron chi connectivity index (χ2n) is 10.7. The fourth-order valence-corrected chi connectivity index (χ4v) is 5.10. The Morgan fingerprint density at radius 1 is 1.13 bits per heavy atom. The molecule has 2 atom stereocenters. The van der Waals surface area contributed by atoms with E-state index in [0.717, 1.165) is 24.3 Å². The van der Waals surface area contributed by atoms with Gasteiger partial charge in [0.1, 0.15) is 59.7 Å². The van der Waals surface area contributed by atoms with E-state index in [9.17, 15) is 40.3 Å². The fourth-order valence-electron chi connectivity index (χ4n) is 5.10. The molecule has 1 aliphatic heterocycles. The third-order valence-electron chi connectivity index (χ3n) is 7.52. The van der Waals surface area contributed by atoms with Crippen LogP contribution in [0.3, 0.4) is 0 Å². The summed E-state index contributed by atoms with van der Waals surface area (Å²) in [5, 5.41) is 2.52. The van der Waals surface area contributed by atoms with Crippen LogP contribution in [0.2, 0.25) is 0 Å². The van der Waals surface area contributed by atoms with Gasteiger partial charge in [0.2, 0.25) is 5.91 Å². The van der Waals surface area contributed by atoms with Crippen LogP contribution in [0, 0.1) is 12.7 Å². The Morgan fingerprint density at radius 3 is 2.48 bits per heavy atom. The van der Waals surface area contributed by atoms with Gasteiger partial charge >= 0.3 is 6.18 Å². The highest BCUT2D eigenvalue weighted by Gasteiger charge is 2.50. The van der Waals surface area contributed by atoms with E-state index in [-0.39, 0.29) is 39.4 Å². The lowest BCUT2D eigenvalue weighted by Crippen LogP contribution is -2.44. The van der Waals surface area contributed by atoms with E-state index in [4.69, 9.17) is 15.2 Å². The summed E-state index contributed by atoms with van der Waals surface area (Å²) < 4.78 is 108. The molecular formula is C31H25F7N4O4. The summed E-state index contributed by atoms with van der Waals surface area (Å²) in [7, 11) is 0. The topological polar surface area (TPSA) is 116 Å². The van der Waals surface area contributed by atoms with E-state index < -0.39 is 73.7 Å². The molecule has 2 aromatic carbocycles. The maximum Gasteiger partial charge on any atom is 0.398 e. The van der Waals surface area contributed by atoms with Crippen LogP contribution in [-0.4, -0.2) is 60.8 Å². The zero-order valence-corrected chi connectivity index (χ0v) is 23.9. The fraction of sp³-hybridized carbons (Fsp3) is 0.290. The summed E-state index contributed by atoms with van der Waals surface area (Å²) in [5.41, 5.74) is 2.91. The summed E-state index contributed by atoms with van der Waals surface area (Å²) in [5.74, 6) is -5.69. The van der Waals surface area contributed by atoms with Crippen molar-refractivity contribution in [3.8, 4) is 22.8 Å². The number of fused-ring (bicyclic) bond motifs is 2. The molecule has 242 valence electrons. The lowest BCUT2D eigenvalue weighted by atomic mass is 9.81. The number of pyridine rings is 2. The van der Waals surface area contributed by atoms with E-state index in [2.05, 4.69) is 15.3 Å². The minimum absolute atomic E-state index is 0.111. The van der Waals surface area contributed by atoms with Crippen LogP contribution in [0.4, 0.5) is 30.7 Å². The van der Waals surface area contributed by atoms with Gasteiger partial charge in [-0.2, -0.15) is 13.2 Å². The number of carbonyl (C=O) groups is 2. The zero-order valence-electron chi connectivity index (χ0n) is 23.9. The first-order chi connectivity index (χ1) is 21.7. The monoisotopic (exact) mass is 650 g/mol. The Kier molecular flexibility index (Phi) is 8.78. The second kappa shape index (κ2) is 12.4. The molecule has 0 aliphatic carbocycles. The first-order valence-electron chi connectivity index (χ1n) is 13.7. The smallest absolute Gasteiger partial charge is 0.398 e. The second-order valence-corrected chi connectivity index (χ2v) is 10.7. The molecule has 0 bridgehead atoms. The van der Waals surface area contributed by atoms with Gasteiger partial charge in [0.15, 0.2) is 0 Å². The van der Waals surface area contributed by atoms with Gasteiger partial charge in [0, 0.05) is 34.8 Å². The number of rotatable bonds is 10. The van der Waals surface area contributed by atoms with Gasteiger partial charge in [-0.3, -0.25) is 14.6 Å². The van der Waals surface area contributed by atoms with Gasteiger partial charge in [-0.1, -0.05) is 0 Å². The van der Waals surface area contributed by atoms with E-state index in [1.165, 1.54) is 24.4 Å². The standard InChI is InChI=1S/C31H25F7N4O4/c1-15-6-17-7-18(8-23(25(17)40-10-15)45-12-24(34)35)28(43)41-11-21(31(36,37)38)22-9-20-27(46-14-30(20,13-32)29(39)44)26(42-22)16-2-4-19(33)5-3-16/h2-10,21,24H,11-14H2,1H3,(H2,39,44)(H,41,43)/t21?,30-/m0/s1. The van der Waals surface area contributed by atoms with Crippen molar-refractivity contribution in [3.63, 3.8) is 0 Å². The number of amides is 2. The van der Waals surface area contributed by atoms with Crippen molar-refractivity contribution < 1.29 is 49.8 Å². The number of nitrogens with one attached hydrogen (secondary N) is 1. The number of hydrogen-bond donors (Lipinski definition) is 2. The SMILES string of the molecule is Cc1cnc2c(OCC(F)F)cc(C(=O)NCC(c3cc4c(c(-c5ccc(F)cc5)n3)OC[C@]4(CF)C(N)=O)C(F)(F)F)cc2c1. The Labute approximate surface area is 256 Å². The Bertz CT molecular complexity index is 1800. The van der Waals surface area contributed by atoms with Gasteiger partial charge in [0.05, 0.1) is 5.69 Å². The lowest BCUT2D eigenvalue weighted by Gasteiger charge is -2.24. The number of nitrogens with two attached hydrogens (primary N) is 1. The van der Waals surface area contributed by atoms with Gasteiger partial charge in [0.25, 0.3) is 12.3 Å². The maximum absolute atomic E-state index is 14.6. The molecule has 1 unspecified atom stereocenters. The number of hydrogen-bond acceptors (Lipinski definition) is 6. The lowest BCUT2D eigenvalue weighted by molar-refractivity contribution is -0.149. The number of ether oxygens (including phenoxy) is 2. The van der Waals surface area contributed by atoms with Crippen LogP contribution in [0.25, 0.3) is 22.2 Å². The molecule has 0 saturated heterocycles. The summed E-state index contributed by atoms with van der Waals surface area (Å²) in [6.45, 7) is -2.39. The van der Waals surface area contributed by atoms with E-state index in [1.807, 2.05) is 0 Å². The van der Waals surface area contributed by atoms with Crippen LogP contribution in [0.15, 0.2) is 54.7 Å². The molecule has 3 N–H and O–H groups in total. The number of alkyl halides is 6. The number of halogens is 7. The van der Waals surface area contributed by atoms with Crippen molar-refractivity contribution in [1.29, 1.82) is 0 Å². The van der Waals surface area contributed by atoms with Crippen molar-refractivity contribution in [3.05, 3.63) is 82.9 Å². The summed E-state index contributed by atoms with van der Waals surface area (Å²) >= 11 is 0. The molecule has 1 aliphatic rings. The molecular weight excluding hydrogens is 625 g/mol. The highest BCUT2D eigenvalue weighted by molar-refractivity contribution is 6.00. The highest BCUT2D eigenvalue weighted by atomic mass is 19.4. The van der Waals surface area contributed by atoms with Crippen LogP contribution in [0.1, 0.15) is 33.1 Å². The zero-order chi connectivity index (χ0) is 33.4. The molecule has 0 radical (unpaired) electrons. The molecule has 4 aromatic rings. The third kappa shape index (κ3) is 6.26. The third-order valence-corrected chi connectivity index (χ3v) is 7.52. The Morgan fingerprint density at radius 2 is 1.85 bits per heavy atom. The predicted octanol–water partition coefficient (Wildman–Crippen LogP) is 5.55. The summed E-state index contributed by atoms with van der Waals surface area (Å²) in [4.78, 5) is 33.9. The first-order valence-corrected chi connectivity index (χ1v) is 13.7. The predicted molar refractivity (Wildman–Crippen MR) is 151 cm³/mol. The number of nitrogens with zero attached hydrogens (tertiary/aromatic N) is 2. The molecule has 46 heavy (non-hydrogen) atoms. The van der Waals surface area contributed by atoms with Crippen molar-refractivity contribution in [1.82, 2.24) is 15.3 Å². The highest BCUT2D eigenvalue weighted by Crippen LogP contribution is 2.47. The molecule has 15 heteroatoms. The number of carbonyl (C=O) groups excluding carboxylic acids is 2. The van der Waals surface area contributed by atoms with Crippen LogP contribution in [-0.2, 0) is 10.2 Å². The quantitative estimate of drug-likeness (QED) is 0.218. The van der Waals surface area contributed by atoms with Crippen molar-refractivity contribution in [2.45, 2.75) is 30.9 Å². The van der Waals surface area contributed by atoms with Gasteiger partial charge < -0.3 is 20.5 Å². The summed E-state index contributed by atoms with van der Waals surface area (Å²) in [6.07, 6.45) is -6.42. The van der Waals surface area contributed by atoms with Gasteiger partial charge in [-0.15, -0.1) is 0 Å². The van der Waals surface area contributed by atoms with Crippen LogP contribution >= 0.6 is 0 Å². The molecule has 0 spiro atoms. The van der Waals surface area contributed by atoms with Gasteiger partial charge in [-0.05, 0) is 61.0 Å². The average molecular weight is 651 g/mol. The average Bonchev–Trinajstić information content (AvgIpc) is 3.39. The van der Waals surface area contributed by atoms with E-state index >= 15 is 0 Å².